The summed E-state index contributed by atoms with van der Waals surface area (Å²) in [5.41, 5.74) is 1.23. The Hall–Kier alpha value is -0.870. The monoisotopic (exact) mass is 292 g/mol. The van der Waals surface area contributed by atoms with E-state index in [0.717, 1.165) is 12.5 Å². The maximum Gasteiger partial charge on any atom is 0.241 e. The standard InChI is InChI=1S/C16H24N2OS/c1-11-4-3-5-13(8-11)9-18-15(14-6-7-20-10-14)17-12(2)16(18)19/h6-7,10-13,15,17H,3-5,8-9H2,1-2H3. The predicted molar refractivity (Wildman–Crippen MR) is 82.5 cm³/mol. The second-order valence-corrected chi connectivity index (χ2v) is 7.26. The molecule has 1 aromatic rings. The quantitative estimate of drug-likeness (QED) is 0.926. The van der Waals surface area contributed by atoms with Crippen LogP contribution >= 0.6 is 11.3 Å². The Labute approximate surface area is 125 Å². The highest BCUT2D eigenvalue weighted by Crippen LogP contribution is 2.33. The lowest BCUT2D eigenvalue weighted by molar-refractivity contribution is -0.130. The van der Waals surface area contributed by atoms with Gasteiger partial charge in [0.25, 0.3) is 0 Å². The van der Waals surface area contributed by atoms with E-state index in [2.05, 4.69) is 34.0 Å². The van der Waals surface area contributed by atoms with Gasteiger partial charge in [0.15, 0.2) is 0 Å². The van der Waals surface area contributed by atoms with E-state index in [0.29, 0.717) is 5.92 Å². The van der Waals surface area contributed by atoms with Crippen molar-refractivity contribution in [3.63, 3.8) is 0 Å². The summed E-state index contributed by atoms with van der Waals surface area (Å²) in [4.78, 5) is 14.5. The average Bonchev–Trinajstić information content (AvgIpc) is 3.03. The van der Waals surface area contributed by atoms with Gasteiger partial charge in [-0.05, 0) is 54.0 Å². The van der Waals surface area contributed by atoms with Crippen LogP contribution in [0.5, 0.6) is 0 Å². The van der Waals surface area contributed by atoms with Crippen LogP contribution < -0.4 is 5.32 Å². The fourth-order valence-corrected chi connectivity index (χ4v) is 4.36. The summed E-state index contributed by atoms with van der Waals surface area (Å²) in [5, 5.41) is 7.68. The second-order valence-electron chi connectivity index (χ2n) is 6.48. The van der Waals surface area contributed by atoms with Gasteiger partial charge >= 0.3 is 0 Å². The van der Waals surface area contributed by atoms with Crippen LogP contribution in [0.2, 0.25) is 0 Å². The molecule has 3 rings (SSSR count). The summed E-state index contributed by atoms with van der Waals surface area (Å²) < 4.78 is 0. The van der Waals surface area contributed by atoms with Crippen LogP contribution in [0.15, 0.2) is 16.8 Å². The third-order valence-corrected chi connectivity index (χ3v) is 5.43. The fourth-order valence-electron chi connectivity index (χ4n) is 3.68. The summed E-state index contributed by atoms with van der Waals surface area (Å²) >= 11 is 1.70. The molecule has 1 aliphatic heterocycles. The minimum Gasteiger partial charge on any atom is -0.321 e. The lowest BCUT2D eigenvalue weighted by Gasteiger charge is -2.32. The van der Waals surface area contributed by atoms with E-state index in [1.165, 1.54) is 31.2 Å². The van der Waals surface area contributed by atoms with Gasteiger partial charge < -0.3 is 4.90 Å². The molecule has 2 aliphatic rings. The lowest BCUT2D eigenvalue weighted by Crippen LogP contribution is -2.36. The molecule has 1 saturated heterocycles. The zero-order chi connectivity index (χ0) is 14.1. The first-order chi connectivity index (χ1) is 9.65. The van der Waals surface area contributed by atoms with Gasteiger partial charge in [-0.15, -0.1) is 0 Å². The Morgan fingerprint density at radius 2 is 2.25 bits per heavy atom. The topological polar surface area (TPSA) is 32.3 Å². The first-order valence-electron chi connectivity index (χ1n) is 7.73. The Bertz CT molecular complexity index is 459. The van der Waals surface area contributed by atoms with Crippen molar-refractivity contribution < 1.29 is 4.79 Å². The van der Waals surface area contributed by atoms with E-state index in [4.69, 9.17) is 0 Å². The number of hydrogen-bond donors (Lipinski definition) is 1. The summed E-state index contributed by atoms with van der Waals surface area (Å²) in [6.45, 7) is 5.24. The lowest BCUT2D eigenvalue weighted by atomic mass is 9.82. The molecule has 1 saturated carbocycles. The molecule has 0 aromatic carbocycles. The molecule has 4 unspecified atom stereocenters. The Morgan fingerprint density at radius 3 is 2.95 bits per heavy atom. The second kappa shape index (κ2) is 5.86. The molecule has 1 amide bonds. The average molecular weight is 292 g/mol. The van der Waals surface area contributed by atoms with E-state index >= 15 is 0 Å². The smallest absolute Gasteiger partial charge is 0.241 e. The zero-order valence-corrected chi connectivity index (χ0v) is 13.2. The van der Waals surface area contributed by atoms with Crippen LogP contribution in [0.4, 0.5) is 0 Å². The molecular weight excluding hydrogens is 268 g/mol. The molecule has 2 heterocycles. The molecule has 0 bridgehead atoms. The number of hydrogen-bond acceptors (Lipinski definition) is 3. The highest BCUT2D eigenvalue weighted by Gasteiger charge is 2.38. The number of nitrogens with one attached hydrogen (secondary N) is 1. The number of carbonyl (C=O) groups excluding carboxylic acids is 1. The van der Waals surface area contributed by atoms with Crippen LogP contribution in [0, 0.1) is 11.8 Å². The van der Waals surface area contributed by atoms with Gasteiger partial charge in [-0.2, -0.15) is 11.3 Å². The van der Waals surface area contributed by atoms with Gasteiger partial charge in [-0.1, -0.05) is 19.8 Å². The van der Waals surface area contributed by atoms with Crippen molar-refractivity contribution in [1.29, 1.82) is 0 Å². The molecule has 0 spiro atoms. The van der Waals surface area contributed by atoms with E-state index in [9.17, 15) is 4.79 Å². The SMILES string of the molecule is CC1CCCC(CN2C(=O)C(C)NC2c2ccsc2)C1. The number of thiophene rings is 1. The first-order valence-corrected chi connectivity index (χ1v) is 8.68. The van der Waals surface area contributed by atoms with Crippen molar-refractivity contribution in [2.75, 3.05) is 6.54 Å². The maximum absolute atomic E-state index is 12.4. The molecular formula is C16H24N2OS. The van der Waals surface area contributed by atoms with Crippen molar-refractivity contribution in [3.8, 4) is 0 Å². The van der Waals surface area contributed by atoms with Crippen LogP contribution in [-0.4, -0.2) is 23.4 Å². The van der Waals surface area contributed by atoms with E-state index < -0.39 is 0 Å². The van der Waals surface area contributed by atoms with Gasteiger partial charge in [0.1, 0.15) is 6.17 Å². The molecule has 20 heavy (non-hydrogen) atoms. The van der Waals surface area contributed by atoms with E-state index in [1.54, 1.807) is 11.3 Å². The number of amides is 1. The van der Waals surface area contributed by atoms with Crippen LogP contribution in [0.1, 0.15) is 51.3 Å². The molecule has 4 heteroatoms. The van der Waals surface area contributed by atoms with Crippen molar-refractivity contribution in [1.82, 2.24) is 10.2 Å². The Kier molecular flexibility index (Phi) is 4.13. The van der Waals surface area contributed by atoms with Crippen molar-refractivity contribution in [2.24, 2.45) is 11.8 Å². The molecule has 1 aliphatic carbocycles. The zero-order valence-electron chi connectivity index (χ0n) is 12.3. The number of nitrogens with zero attached hydrogens (tertiary/aromatic N) is 1. The van der Waals surface area contributed by atoms with E-state index in [1.807, 2.05) is 6.92 Å². The first kappa shape index (κ1) is 14.1. The van der Waals surface area contributed by atoms with Gasteiger partial charge in [0, 0.05) is 6.54 Å². The Balaban J connectivity index is 1.73. The van der Waals surface area contributed by atoms with Crippen molar-refractivity contribution in [3.05, 3.63) is 22.4 Å². The van der Waals surface area contributed by atoms with Gasteiger partial charge in [-0.25, -0.2) is 0 Å². The highest BCUT2D eigenvalue weighted by molar-refractivity contribution is 7.07. The summed E-state index contributed by atoms with van der Waals surface area (Å²) in [7, 11) is 0. The summed E-state index contributed by atoms with van der Waals surface area (Å²) in [5.74, 6) is 1.76. The van der Waals surface area contributed by atoms with Gasteiger partial charge in [-0.3, -0.25) is 10.1 Å². The molecule has 110 valence electrons. The van der Waals surface area contributed by atoms with Crippen molar-refractivity contribution >= 4 is 17.2 Å². The molecule has 4 atom stereocenters. The van der Waals surface area contributed by atoms with E-state index in [-0.39, 0.29) is 18.1 Å². The molecule has 0 radical (unpaired) electrons. The normalized spacial score (nSPS) is 34.7. The number of rotatable bonds is 3. The minimum atomic E-state index is -0.0547. The minimum absolute atomic E-state index is 0.0547. The summed E-state index contributed by atoms with van der Waals surface area (Å²) in [6, 6.07) is 2.07. The number of carbonyl (C=O) groups is 1. The van der Waals surface area contributed by atoms with Gasteiger partial charge in [0.2, 0.25) is 5.91 Å². The molecule has 1 aromatic heterocycles. The Morgan fingerprint density at radius 1 is 1.40 bits per heavy atom. The highest BCUT2D eigenvalue weighted by atomic mass is 32.1. The van der Waals surface area contributed by atoms with Crippen LogP contribution in [0.25, 0.3) is 0 Å². The summed E-state index contributed by atoms with van der Waals surface area (Å²) in [6.07, 6.45) is 5.31. The molecule has 2 fully saturated rings. The third-order valence-electron chi connectivity index (χ3n) is 4.73. The maximum atomic E-state index is 12.4. The fraction of sp³-hybridized carbons (Fsp3) is 0.688. The van der Waals surface area contributed by atoms with Crippen LogP contribution in [0.3, 0.4) is 0 Å². The van der Waals surface area contributed by atoms with Crippen LogP contribution in [-0.2, 0) is 4.79 Å². The predicted octanol–water partition coefficient (Wildman–Crippen LogP) is 3.39. The third kappa shape index (κ3) is 2.77. The largest absolute Gasteiger partial charge is 0.321 e. The van der Waals surface area contributed by atoms with Gasteiger partial charge in [0.05, 0.1) is 6.04 Å². The van der Waals surface area contributed by atoms with Crippen molar-refractivity contribution in [2.45, 2.75) is 51.7 Å². The molecule has 1 N–H and O–H groups in total. The molecule has 3 nitrogen and oxygen atoms in total.